The third-order valence-electron chi connectivity index (χ3n) is 1.96. The van der Waals surface area contributed by atoms with Crippen molar-refractivity contribution in [3.05, 3.63) is 0 Å². The molecular weight excluding hydrogens is 312 g/mol. The van der Waals surface area contributed by atoms with Crippen molar-refractivity contribution in [1.82, 2.24) is 0 Å². The second-order valence-corrected chi connectivity index (χ2v) is 4.04. The van der Waals surface area contributed by atoms with Crippen molar-refractivity contribution in [3.8, 4) is 0 Å². The van der Waals surface area contributed by atoms with E-state index in [0.717, 1.165) is 38.0 Å². The number of methoxy groups -OCH3 is 1. The summed E-state index contributed by atoms with van der Waals surface area (Å²) in [5.41, 5.74) is 0. The molecule has 0 aromatic carbocycles. The first kappa shape index (κ1) is 33.7. The van der Waals surface area contributed by atoms with Gasteiger partial charge in [0.05, 0.1) is 7.11 Å². The Bertz CT molecular complexity index is 228. The third kappa shape index (κ3) is 111. The zero-order valence-corrected chi connectivity index (χ0v) is 16.2. The van der Waals surface area contributed by atoms with Gasteiger partial charge in [-0.15, -0.1) is 0 Å². The lowest BCUT2D eigenvalue weighted by molar-refractivity contribution is -0.140. The van der Waals surface area contributed by atoms with Crippen LogP contribution in [0.1, 0.15) is 79.6 Å². The Morgan fingerprint density at radius 1 is 0.708 bits per heavy atom. The number of rotatable bonds is 7. The van der Waals surface area contributed by atoms with Crippen molar-refractivity contribution < 1.29 is 28.7 Å². The zero-order chi connectivity index (χ0) is 20.1. The topological polar surface area (TPSA) is 94.6 Å². The van der Waals surface area contributed by atoms with E-state index in [1.54, 1.807) is 0 Å². The minimum atomic E-state index is -0.0782. The summed E-state index contributed by atoms with van der Waals surface area (Å²) in [5.74, 6) is -0.0782. The number of carbonyl (C=O) groups excluding carboxylic acids is 5. The number of esters is 1. The van der Waals surface area contributed by atoms with Crippen LogP contribution in [-0.4, -0.2) is 38.2 Å². The van der Waals surface area contributed by atoms with Gasteiger partial charge in [-0.2, -0.15) is 0 Å². The fraction of sp³-hybridized carbons (Fsp3) is 0.722. The standard InChI is InChI=1S/C10H20O2.4C2H4O/c1-3-4-5-6-7-8-9-10(11)12-2;4*1-2-3/h3-9H2,1-2H3;4*2H,1H3. The van der Waals surface area contributed by atoms with Gasteiger partial charge < -0.3 is 23.9 Å². The SMILES string of the molecule is CC=O.CC=O.CC=O.CC=O.CCCCCCCCC(=O)OC. The van der Waals surface area contributed by atoms with Gasteiger partial charge in [-0.1, -0.05) is 39.0 Å². The Morgan fingerprint density at radius 2 is 1.00 bits per heavy atom. The average molecular weight is 348 g/mol. The molecule has 6 nitrogen and oxygen atoms in total. The molecule has 0 aromatic rings. The lowest BCUT2D eigenvalue weighted by Crippen LogP contribution is -1.98. The van der Waals surface area contributed by atoms with Crippen LogP contribution in [0.2, 0.25) is 0 Å². The van der Waals surface area contributed by atoms with E-state index in [4.69, 9.17) is 19.2 Å². The minimum absolute atomic E-state index is 0.0782. The molecule has 0 N–H and O–H groups in total. The number of aldehydes is 4. The Balaban J connectivity index is -0.0000000822. The van der Waals surface area contributed by atoms with Crippen LogP contribution in [-0.2, 0) is 28.7 Å². The smallest absolute Gasteiger partial charge is 0.305 e. The summed E-state index contributed by atoms with van der Waals surface area (Å²) >= 11 is 0. The van der Waals surface area contributed by atoms with Gasteiger partial charge in [0.1, 0.15) is 25.1 Å². The maximum absolute atomic E-state index is 10.7. The van der Waals surface area contributed by atoms with Crippen LogP contribution >= 0.6 is 0 Å². The van der Waals surface area contributed by atoms with E-state index in [-0.39, 0.29) is 5.97 Å². The molecule has 0 aliphatic carbocycles. The van der Waals surface area contributed by atoms with Gasteiger partial charge in [-0.3, -0.25) is 4.79 Å². The molecule has 0 aliphatic heterocycles. The number of hydrogen-bond donors (Lipinski definition) is 0. The summed E-state index contributed by atoms with van der Waals surface area (Å²) in [6.07, 6.45) is 10.9. The molecule has 0 spiro atoms. The van der Waals surface area contributed by atoms with Crippen LogP contribution in [0, 0.1) is 0 Å². The van der Waals surface area contributed by atoms with E-state index in [1.165, 1.54) is 60.5 Å². The third-order valence-corrected chi connectivity index (χ3v) is 1.96. The van der Waals surface area contributed by atoms with Gasteiger partial charge in [0.15, 0.2) is 0 Å². The Morgan fingerprint density at radius 3 is 1.29 bits per heavy atom. The number of ether oxygens (including phenoxy) is 1. The predicted molar refractivity (Wildman–Crippen MR) is 97.0 cm³/mol. The van der Waals surface area contributed by atoms with E-state index in [9.17, 15) is 4.79 Å². The molecule has 0 heterocycles. The van der Waals surface area contributed by atoms with Crippen LogP contribution < -0.4 is 0 Å². The first-order valence-electron chi connectivity index (χ1n) is 8.13. The van der Waals surface area contributed by atoms with Gasteiger partial charge >= 0.3 is 5.97 Å². The molecule has 0 atom stereocenters. The summed E-state index contributed by atoms with van der Waals surface area (Å²) in [5, 5.41) is 0. The van der Waals surface area contributed by atoms with Crippen LogP contribution in [0.3, 0.4) is 0 Å². The highest BCUT2D eigenvalue weighted by molar-refractivity contribution is 5.68. The molecule has 0 bridgehead atoms. The second-order valence-electron chi connectivity index (χ2n) is 4.04. The average Bonchev–Trinajstić information content (AvgIpc) is 2.53. The Kier molecular flexibility index (Phi) is 69.7. The molecule has 0 fully saturated rings. The van der Waals surface area contributed by atoms with Crippen molar-refractivity contribution in [2.24, 2.45) is 0 Å². The van der Waals surface area contributed by atoms with Gasteiger partial charge in [0.25, 0.3) is 0 Å². The molecule has 0 saturated heterocycles. The fourth-order valence-electron chi connectivity index (χ4n) is 1.15. The highest BCUT2D eigenvalue weighted by Gasteiger charge is 1.98. The molecule has 24 heavy (non-hydrogen) atoms. The summed E-state index contributed by atoms with van der Waals surface area (Å²) in [4.78, 5) is 45.9. The summed E-state index contributed by atoms with van der Waals surface area (Å²) in [6, 6.07) is 0. The molecule has 0 unspecified atom stereocenters. The molecule has 0 amide bonds. The Hall–Kier alpha value is -1.85. The van der Waals surface area contributed by atoms with E-state index in [0.29, 0.717) is 6.42 Å². The lowest BCUT2D eigenvalue weighted by Gasteiger charge is -1.99. The first-order chi connectivity index (χ1) is 11.5. The van der Waals surface area contributed by atoms with Crippen LogP contribution in [0.4, 0.5) is 0 Å². The zero-order valence-electron chi connectivity index (χ0n) is 16.2. The van der Waals surface area contributed by atoms with Gasteiger partial charge in [-0.25, -0.2) is 0 Å². The highest BCUT2D eigenvalue weighted by atomic mass is 16.5. The Labute approximate surface area is 147 Å². The molecule has 0 rings (SSSR count). The maximum Gasteiger partial charge on any atom is 0.305 e. The lowest BCUT2D eigenvalue weighted by atomic mass is 10.1. The predicted octanol–water partition coefficient (Wildman–Crippen LogP) is 3.73. The van der Waals surface area contributed by atoms with E-state index < -0.39 is 0 Å². The molecule has 0 aromatic heterocycles. The number of unbranched alkanes of at least 4 members (excludes halogenated alkanes) is 5. The molecule has 0 saturated carbocycles. The largest absolute Gasteiger partial charge is 0.469 e. The van der Waals surface area contributed by atoms with Crippen LogP contribution in [0.15, 0.2) is 0 Å². The van der Waals surface area contributed by atoms with Gasteiger partial charge in [0, 0.05) is 6.42 Å². The fourth-order valence-corrected chi connectivity index (χ4v) is 1.15. The normalized spacial score (nSPS) is 7.08. The minimum Gasteiger partial charge on any atom is -0.469 e. The van der Waals surface area contributed by atoms with Crippen LogP contribution in [0.5, 0.6) is 0 Å². The monoisotopic (exact) mass is 348 g/mol. The van der Waals surface area contributed by atoms with E-state index in [2.05, 4.69) is 11.7 Å². The maximum atomic E-state index is 10.7. The quantitative estimate of drug-likeness (QED) is 0.395. The summed E-state index contributed by atoms with van der Waals surface area (Å²) < 4.78 is 4.54. The van der Waals surface area contributed by atoms with Gasteiger partial charge in [0.2, 0.25) is 0 Å². The van der Waals surface area contributed by atoms with Crippen molar-refractivity contribution >= 4 is 31.1 Å². The highest BCUT2D eigenvalue weighted by Crippen LogP contribution is 2.06. The molecular formula is C18H36O6. The van der Waals surface area contributed by atoms with E-state index >= 15 is 0 Å². The van der Waals surface area contributed by atoms with Crippen molar-refractivity contribution in [2.45, 2.75) is 79.6 Å². The number of carbonyl (C=O) groups is 5. The molecule has 6 heteroatoms. The van der Waals surface area contributed by atoms with Crippen molar-refractivity contribution in [1.29, 1.82) is 0 Å². The summed E-state index contributed by atoms with van der Waals surface area (Å²) in [6.45, 7) is 7.98. The van der Waals surface area contributed by atoms with Crippen molar-refractivity contribution in [2.75, 3.05) is 7.11 Å². The van der Waals surface area contributed by atoms with E-state index in [1.807, 2.05) is 0 Å². The molecule has 0 aliphatic rings. The molecule has 144 valence electrons. The molecule has 0 radical (unpaired) electrons. The summed E-state index contributed by atoms with van der Waals surface area (Å²) in [7, 11) is 1.44. The second kappa shape index (κ2) is 49.7. The van der Waals surface area contributed by atoms with Gasteiger partial charge in [-0.05, 0) is 34.1 Å². The number of hydrogen-bond acceptors (Lipinski definition) is 6. The van der Waals surface area contributed by atoms with Crippen LogP contribution in [0.25, 0.3) is 0 Å². The van der Waals surface area contributed by atoms with Crippen molar-refractivity contribution in [3.63, 3.8) is 0 Å². The first-order valence-corrected chi connectivity index (χ1v) is 8.13.